The first-order valence-electron chi connectivity index (χ1n) is 6.51. The van der Waals surface area contributed by atoms with Gasteiger partial charge in [-0.1, -0.05) is 18.5 Å². The number of likely N-dealkylation sites (tertiary alicyclic amines) is 1. The Bertz CT molecular complexity index is 678. The van der Waals surface area contributed by atoms with Gasteiger partial charge in [-0.3, -0.25) is 4.79 Å². The van der Waals surface area contributed by atoms with E-state index >= 15 is 0 Å². The summed E-state index contributed by atoms with van der Waals surface area (Å²) in [7, 11) is -3.96. The second kappa shape index (κ2) is 6.24. The number of benzene rings is 1. The zero-order valence-electron chi connectivity index (χ0n) is 11.5. The Morgan fingerprint density at radius 1 is 1.48 bits per heavy atom. The van der Waals surface area contributed by atoms with E-state index in [4.69, 9.17) is 16.7 Å². The number of carbonyl (C=O) groups is 1. The van der Waals surface area contributed by atoms with Gasteiger partial charge >= 0.3 is 0 Å². The number of sulfonamides is 1. The predicted molar refractivity (Wildman–Crippen MR) is 84.8 cm³/mol. The van der Waals surface area contributed by atoms with Crippen molar-refractivity contribution in [2.45, 2.75) is 24.7 Å². The van der Waals surface area contributed by atoms with E-state index in [1.807, 2.05) is 0 Å². The van der Waals surface area contributed by atoms with Gasteiger partial charge in [0.1, 0.15) is 0 Å². The highest BCUT2D eigenvalue weighted by Crippen LogP contribution is 2.31. The molecule has 0 saturated carbocycles. The minimum atomic E-state index is -3.96. The summed E-state index contributed by atoms with van der Waals surface area (Å²) in [4.78, 5) is 14.0. The Balaban J connectivity index is 2.40. The van der Waals surface area contributed by atoms with Crippen molar-refractivity contribution >= 4 is 43.5 Å². The zero-order chi connectivity index (χ0) is 15.8. The van der Waals surface area contributed by atoms with Crippen LogP contribution in [0.25, 0.3) is 0 Å². The molecule has 0 aliphatic carbocycles. The number of amides is 1. The molecule has 2 rings (SSSR count). The van der Waals surface area contributed by atoms with Gasteiger partial charge in [0.05, 0.1) is 14.4 Å². The third kappa shape index (κ3) is 3.77. The van der Waals surface area contributed by atoms with Crippen LogP contribution >= 0.6 is 27.5 Å². The summed E-state index contributed by atoms with van der Waals surface area (Å²) in [5.74, 6) is 0.215. The van der Waals surface area contributed by atoms with Crippen LogP contribution in [-0.2, 0) is 10.0 Å². The highest BCUT2D eigenvalue weighted by atomic mass is 79.9. The van der Waals surface area contributed by atoms with Crippen LogP contribution in [0.4, 0.5) is 0 Å². The molecule has 116 valence electrons. The van der Waals surface area contributed by atoms with Gasteiger partial charge in [-0.25, -0.2) is 13.6 Å². The maximum atomic E-state index is 12.5. The molecule has 1 unspecified atom stereocenters. The number of carbonyl (C=O) groups excluding carboxylic acids is 1. The van der Waals surface area contributed by atoms with Crippen LogP contribution in [0.2, 0.25) is 5.02 Å². The highest BCUT2D eigenvalue weighted by molar-refractivity contribution is 9.10. The van der Waals surface area contributed by atoms with E-state index in [1.165, 1.54) is 12.1 Å². The molecular formula is C13H16BrClN2O3S. The highest BCUT2D eigenvalue weighted by Gasteiger charge is 2.25. The Morgan fingerprint density at radius 2 is 2.14 bits per heavy atom. The fourth-order valence-electron chi connectivity index (χ4n) is 2.45. The van der Waals surface area contributed by atoms with Crippen LogP contribution < -0.4 is 5.14 Å². The number of hydrogen-bond acceptors (Lipinski definition) is 3. The van der Waals surface area contributed by atoms with Crippen LogP contribution in [-0.4, -0.2) is 32.3 Å². The molecule has 8 heteroatoms. The van der Waals surface area contributed by atoms with Crippen molar-refractivity contribution in [3.8, 4) is 0 Å². The summed E-state index contributed by atoms with van der Waals surface area (Å²) in [6.45, 7) is 3.42. The predicted octanol–water partition coefficient (Wildman–Crippen LogP) is 2.62. The lowest BCUT2D eigenvalue weighted by Crippen LogP contribution is -2.39. The first kappa shape index (κ1) is 16.7. The van der Waals surface area contributed by atoms with Gasteiger partial charge in [0.15, 0.2) is 0 Å². The van der Waals surface area contributed by atoms with Crippen molar-refractivity contribution in [2.75, 3.05) is 13.1 Å². The fraction of sp³-hybridized carbons (Fsp3) is 0.462. The molecule has 0 aromatic heterocycles. The number of hydrogen-bond donors (Lipinski definition) is 1. The quantitative estimate of drug-likeness (QED) is 0.836. The van der Waals surface area contributed by atoms with Crippen LogP contribution in [0.15, 0.2) is 21.5 Å². The molecule has 1 heterocycles. The summed E-state index contributed by atoms with van der Waals surface area (Å²) >= 11 is 9.09. The first-order chi connectivity index (χ1) is 9.70. The molecule has 21 heavy (non-hydrogen) atoms. The van der Waals surface area contributed by atoms with Gasteiger partial charge in [0.25, 0.3) is 5.91 Å². The van der Waals surface area contributed by atoms with Crippen molar-refractivity contribution in [1.82, 2.24) is 4.90 Å². The summed E-state index contributed by atoms with van der Waals surface area (Å²) in [6, 6.07) is 2.73. The first-order valence-corrected chi connectivity index (χ1v) is 9.23. The molecule has 1 atom stereocenters. The Kier molecular flexibility index (Phi) is 4.97. The molecular weight excluding hydrogens is 380 g/mol. The molecule has 1 saturated heterocycles. The average Bonchev–Trinajstić information content (AvgIpc) is 2.39. The van der Waals surface area contributed by atoms with Gasteiger partial charge < -0.3 is 4.90 Å². The molecule has 0 bridgehead atoms. The van der Waals surface area contributed by atoms with E-state index in [-0.39, 0.29) is 25.9 Å². The lowest BCUT2D eigenvalue weighted by molar-refractivity contribution is 0.0683. The van der Waals surface area contributed by atoms with Gasteiger partial charge in [0.2, 0.25) is 10.0 Å². The molecule has 1 aromatic rings. The SMILES string of the molecule is CC1CCCN(C(=O)c2cc(Cl)c(Br)c(S(N)(=O)=O)c2)C1. The molecule has 0 spiro atoms. The van der Waals surface area contributed by atoms with Crippen molar-refractivity contribution in [1.29, 1.82) is 0 Å². The van der Waals surface area contributed by atoms with Crippen molar-refractivity contribution in [3.05, 3.63) is 27.2 Å². The number of rotatable bonds is 2. The number of primary sulfonamides is 1. The minimum absolute atomic E-state index is 0.148. The fourth-order valence-corrected chi connectivity index (χ4v) is 4.28. The smallest absolute Gasteiger partial charge is 0.253 e. The van der Waals surface area contributed by atoms with Crippen molar-refractivity contribution in [3.63, 3.8) is 0 Å². The molecule has 2 N–H and O–H groups in total. The van der Waals surface area contributed by atoms with Gasteiger partial charge in [0, 0.05) is 18.7 Å². The molecule has 0 radical (unpaired) electrons. The Labute approximate surface area is 137 Å². The van der Waals surface area contributed by atoms with Gasteiger partial charge in [-0.05, 0) is 46.8 Å². The topological polar surface area (TPSA) is 80.5 Å². The van der Waals surface area contributed by atoms with Crippen LogP contribution in [0.3, 0.4) is 0 Å². The molecule has 1 fully saturated rings. The van der Waals surface area contributed by atoms with Gasteiger partial charge in [-0.15, -0.1) is 0 Å². The summed E-state index contributed by atoms with van der Waals surface area (Å²) < 4.78 is 23.3. The molecule has 1 aliphatic rings. The second-order valence-electron chi connectivity index (χ2n) is 5.31. The van der Waals surface area contributed by atoms with E-state index in [1.54, 1.807) is 4.90 Å². The third-order valence-corrected chi connectivity index (χ3v) is 6.07. The number of nitrogens with zero attached hydrogens (tertiary/aromatic N) is 1. The molecule has 1 aromatic carbocycles. The Hall–Kier alpha value is -0.630. The lowest BCUT2D eigenvalue weighted by Gasteiger charge is -2.31. The van der Waals surface area contributed by atoms with Crippen LogP contribution in [0, 0.1) is 5.92 Å². The number of piperidine rings is 1. The van der Waals surface area contributed by atoms with Gasteiger partial charge in [-0.2, -0.15) is 0 Å². The summed E-state index contributed by atoms with van der Waals surface area (Å²) in [6.07, 6.45) is 2.03. The standard InChI is InChI=1S/C13H16BrClN2O3S/c1-8-3-2-4-17(7-8)13(18)9-5-10(15)12(14)11(6-9)21(16,19)20/h5-6,8H,2-4,7H2,1H3,(H2,16,19,20). The zero-order valence-corrected chi connectivity index (χ0v) is 14.6. The molecule has 1 aliphatic heterocycles. The lowest BCUT2D eigenvalue weighted by atomic mass is 9.99. The van der Waals surface area contributed by atoms with Crippen LogP contribution in [0.1, 0.15) is 30.1 Å². The van der Waals surface area contributed by atoms with Crippen LogP contribution in [0.5, 0.6) is 0 Å². The van der Waals surface area contributed by atoms with Crippen molar-refractivity contribution in [2.24, 2.45) is 11.1 Å². The third-order valence-electron chi connectivity index (χ3n) is 3.49. The summed E-state index contributed by atoms with van der Waals surface area (Å²) in [5, 5.41) is 5.30. The normalized spacial score (nSPS) is 19.6. The molecule has 1 amide bonds. The average molecular weight is 396 g/mol. The maximum Gasteiger partial charge on any atom is 0.253 e. The minimum Gasteiger partial charge on any atom is -0.338 e. The number of halogens is 2. The second-order valence-corrected chi connectivity index (χ2v) is 8.04. The Morgan fingerprint density at radius 3 is 2.71 bits per heavy atom. The van der Waals surface area contributed by atoms with E-state index in [2.05, 4.69) is 22.9 Å². The van der Waals surface area contributed by atoms with E-state index in [9.17, 15) is 13.2 Å². The van der Waals surface area contributed by atoms with E-state index in [0.29, 0.717) is 19.0 Å². The van der Waals surface area contributed by atoms with E-state index in [0.717, 1.165) is 12.8 Å². The largest absolute Gasteiger partial charge is 0.338 e. The van der Waals surface area contributed by atoms with E-state index < -0.39 is 10.0 Å². The summed E-state index contributed by atoms with van der Waals surface area (Å²) in [5.41, 5.74) is 0.237. The maximum absolute atomic E-state index is 12.5. The number of nitrogens with two attached hydrogens (primary N) is 1. The van der Waals surface area contributed by atoms with Crippen molar-refractivity contribution < 1.29 is 13.2 Å². The monoisotopic (exact) mass is 394 g/mol. The molecule has 5 nitrogen and oxygen atoms in total.